The number of anilines is 4. The molecule has 0 unspecified atom stereocenters. The predicted octanol–water partition coefficient (Wildman–Crippen LogP) is 5.48. The van der Waals surface area contributed by atoms with Crippen LogP contribution in [-0.4, -0.2) is 11.9 Å². The molecule has 134 valence electrons. The molecule has 0 bridgehead atoms. The van der Waals surface area contributed by atoms with E-state index in [2.05, 4.69) is 10.6 Å². The largest absolute Gasteiger partial charge is 0.331 e. The molecule has 0 fully saturated rings. The summed E-state index contributed by atoms with van der Waals surface area (Å²) in [4.78, 5) is 28.1. The molecule has 27 heavy (non-hydrogen) atoms. The fourth-order valence-electron chi connectivity index (χ4n) is 2.98. The Morgan fingerprint density at radius 3 is 1.93 bits per heavy atom. The van der Waals surface area contributed by atoms with E-state index in [1.165, 1.54) is 6.92 Å². The van der Waals surface area contributed by atoms with E-state index in [0.29, 0.717) is 11.4 Å². The Labute approximate surface area is 161 Å². The minimum Gasteiger partial charge on any atom is -0.326 e. The minimum atomic E-state index is -0.254. The third-order valence-electron chi connectivity index (χ3n) is 4.07. The highest BCUT2D eigenvalue weighted by molar-refractivity contribution is 7.99. The lowest BCUT2D eigenvalue weighted by Crippen LogP contribution is -2.32. The van der Waals surface area contributed by atoms with Gasteiger partial charge in [0, 0.05) is 28.1 Å². The molecule has 0 aromatic heterocycles. The van der Waals surface area contributed by atoms with Gasteiger partial charge in [-0.3, -0.25) is 9.69 Å². The SMILES string of the molecule is CC(=O)Nc1cccc(NC(=O)N2c3ccccc3Sc3ccccc32)c1. The van der Waals surface area contributed by atoms with Gasteiger partial charge in [0.15, 0.2) is 0 Å². The zero-order chi connectivity index (χ0) is 18.8. The van der Waals surface area contributed by atoms with Crippen molar-refractivity contribution < 1.29 is 9.59 Å². The molecule has 5 nitrogen and oxygen atoms in total. The van der Waals surface area contributed by atoms with Crippen LogP contribution in [0.2, 0.25) is 0 Å². The molecule has 1 heterocycles. The number of carbonyl (C=O) groups excluding carboxylic acids is 2. The highest BCUT2D eigenvalue weighted by Crippen LogP contribution is 2.48. The Morgan fingerprint density at radius 2 is 1.33 bits per heavy atom. The van der Waals surface area contributed by atoms with Gasteiger partial charge in [0.25, 0.3) is 0 Å². The van der Waals surface area contributed by atoms with Crippen molar-refractivity contribution in [2.45, 2.75) is 16.7 Å². The number of urea groups is 1. The third kappa shape index (κ3) is 3.52. The zero-order valence-electron chi connectivity index (χ0n) is 14.6. The van der Waals surface area contributed by atoms with E-state index < -0.39 is 0 Å². The summed E-state index contributed by atoms with van der Waals surface area (Å²) in [6, 6.07) is 22.5. The number of para-hydroxylation sites is 2. The van der Waals surface area contributed by atoms with E-state index >= 15 is 0 Å². The summed E-state index contributed by atoms with van der Waals surface area (Å²) < 4.78 is 0. The molecule has 1 aliphatic rings. The van der Waals surface area contributed by atoms with Gasteiger partial charge in [-0.25, -0.2) is 4.79 Å². The molecule has 2 N–H and O–H groups in total. The van der Waals surface area contributed by atoms with Crippen molar-refractivity contribution >= 4 is 46.4 Å². The van der Waals surface area contributed by atoms with Gasteiger partial charge in [0.2, 0.25) is 5.91 Å². The van der Waals surface area contributed by atoms with E-state index in [0.717, 1.165) is 21.2 Å². The third-order valence-corrected chi connectivity index (χ3v) is 5.20. The summed E-state index contributed by atoms with van der Waals surface area (Å²) in [6.07, 6.45) is 0. The van der Waals surface area contributed by atoms with E-state index in [-0.39, 0.29) is 11.9 Å². The van der Waals surface area contributed by atoms with Crippen LogP contribution in [0.1, 0.15) is 6.92 Å². The van der Waals surface area contributed by atoms with Crippen LogP contribution in [0.15, 0.2) is 82.6 Å². The van der Waals surface area contributed by atoms with Crippen molar-refractivity contribution in [3.8, 4) is 0 Å². The Morgan fingerprint density at radius 1 is 0.778 bits per heavy atom. The lowest BCUT2D eigenvalue weighted by atomic mass is 10.2. The maximum Gasteiger partial charge on any atom is 0.331 e. The highest BCUT2D eigenvalue weighted by Gasteiger charge is 2.27. The van der Waals surface area contributed by atoms with Gasteiger partial charge in [0.1, 0.15) is 0 Å². The Balaban J connectivity index is 1.67. The van der Waals surface area contributed by atoms with Crippen LogP contribution in [0, 0.1) is 0 Å². The standard InChI is InChI=1S/C21H17N3O2S/c1-14(25)22-15-7-6-8-16(13-15)23-21(26)24-17-9-2-4-11-19(17)27-20-12-5-3-10-18(20)24/h2-13H,1H3,(H,22,25)(H,23,26). The smallest absolute Gasteiger partial charge is 0.326 e. The average Bonchev–Trinajstić information content (AvgIpc) is 2.65. The van der Waals surface area contributed by atoms with Crippen molar-refractivity contribution in [2.24, 2.45) is 0 Å². The summed E-state index contributed by atoms with van der Waals surface area (Å²) in [5.74, 6) is -0.158. The second kappa shape index (κ2) is 7.17. The molecule has 0 aliphatic carbocycles. The second-order valence-corrected chi connectivity index (χ2v) is 7.15. The number of hydrogen-bond donors (Lipinski definition) is 2. The number of nitrogens with one attached hydrogen (secondary N) is 2. The normalized spacial score (nSPS) is 12.0. The van der Waals surface area contributed by atoms with Crippen LogP contribution in [0.25, 0.3) is 0 Å². The molecule has 0 saturated carbocycles. The van der Waals surface area contributed by atoms with E-state index in [1.807, 2.05) is 48.5 Å². The van der Waals surface area contributed by atoms with Crippen molar-refractivity contribution in [3.05, 3.63) is 72.8 Å². The summed E-state index contributed by atoms with van der Waals surface area (Å²) >= 11 is 1.65. The lowest BCUT2D eigenvalue weighted by molar-refractivity contribution is -0.114. The summed E-state index contributed by atoms with van der Waals surface area (Å²) in [7, 11) is 0. The van der Waals surface area contributed by atoms with Gasteiger partial charge < -0.3 is 10.6 Å². The van der Waals surface area contributed by atoms with Gasteiger partial charge in [-0.1, -0.05) is 42.1 Å². The van der Waals surface area contributed by atoms with Gasteiger partial charge >= 0.3 is 6.03 Å². The fourth-order valence-corrected chi connectivity index (χ4v) is 4.04. The molecule has 3 aromatic rings. The van der Waals surface area contributed by atoms with Crippen LogP contribution in [-0.2, 0) is 4.79 Å². The van der Waals surface area contributed by atoms with Crippen molar-refractivity contribution in [1.29, 1.82) is 0 Å². The Bertz CT molecular complexity index is 990. The van der Waals surface area contributed by atoms with Gasteiger partial charge in [-0.05, 0) is 42.5 Å². The van der Waals surface area contributed by atoms with Crippen LogP contribution < -0.4 is 15.5 Å². The lowest BCUT2D eigenvalue weighted by Gasteiger charge is -2.31. The first-order chi connectivity index (χ1) is 13.1. The Kier molecular flexibility index (Phi) is 4.56. The van der Waals surface area contributed by atoms with Crippen LogP contribution in [0.4, 0.5) is 27.5 Å². The van der Waals surface area contributed by atoms with E-state index in [9.17, 15) is 9.59 Å². The monoisotopic (exact) mass is 375 g/mol. The topological polar surface area (TPSA) is 61.4 Å². The summed E-state index contributed by atoms with van der Waals surface area (Å²) in [6.45, 7) is 1.45. The number of benzene rings is 3. The molecule has 0 spiro atoms. The average molecular weight is 375 g/mol. The number of fused-ring (bicyclic) bond motifs is 2. The first kappa shape index (κ1) is 17.2. The number of rotatable bonds is 2. The van der Waals surface area contributed by atoms with E-state index in [1.54, 1.807) is 40.9 Å². The van der Waals surface area contributed by atoms with Gasteiger partial charge in [-0.15, -0.1) is 0 Å². The molecule has 0 saturated heterocycles. The molecular weight excluding hydrogens is 358 g/mol. The first-order valence-corrected chi connectivity index (χ1v) is 9.28. The number of nitrogens with zero attached hydrogens (tertiary/aromatic N) is 1. The molecular formula is C21H17N3O2S. The van der Waals surface area contributed by atoms with Crippen molar-refractivity contribution in [1.82, 2.24) is 0 Å². The van der Waals surface area contributed by atoms with Crippen LogP contribution in [0.5, 0.6) is 0 Å². The summed E-state index contributed by atoms with van der Waals surface area (Å²) in [5, 5.41) is 5.66. The number of carbonyl (C=O) groups is 2. The molecule has 1 aliphatic heterocycles. The molecule has 4 rings (SSSR count). The first-order valence-electron chi connectivity index (χ1n) is 8.46. The quantitative estimate of drug-likeness (QED) is 0.623. The highest BCUT2D eigenvalue weighted by atomic mass is 32.2. The number of hydrogen-bond acceptors (Lipinski definition) is 3. The van der Waals surface area contributed by atoms with Crippen LogP contribution >= 0.6 is 11.8 Å². The Hall–Kier alpha value is -3.25. The van der Waals surface area contributed by atoms with Crippen LogP contribution in [0.3, 0.4) is 0 Å². The molecule has 3 aromatic carbocycles. The number of amides is 3. The predicted molar refractivity (Wildman–Crippen MR) is 109 cm³/mol. The molecule has 0 radical (unpaired) electrons. The van der Waals surface area contributed by atoms with Crippen molar-refractivity contribution in [2.75, 3.05) is 15.5 Å². The molecule has 3 amide bonds. The summed E-state index contributed by atoms with van der Waals surface area (Å²) in [5.41, 5.74) is 2.93. The van der Waals surface area contributed by atoms with Gasteiger partial charge in [0.05, 0.1) is 11.4 Å². The zero-order valence-corrected chi connectivity index (χ0v) is 15.4. The fraction of sp³-hybridized carbons (Fsp3) is 0.0476. The maximum absolute atomic E-state index is 13.1. The van der Waals surface area contributed by atoms with Gasteiger partial charge in [-0.2, -0.15) is 0 Å². The van der Waals surface area contributed by atoms with Crippen molar-refractivity contribution in [3.63, 3.8) is 0 Å². The minimum absolute atomic E-state index is 0.158. The second-order valence-electron chi connectivity index (χ2n) is 6.07. The molecule has 6 heteroatoms. The maximum atomic E-state index is 13.1. The van der Waals surface area contributed by atoms with E-state index in [4.69, 9.17) is 0 Å². The molecule has 0 atom stereocenters.